The molecular formula is C17H23ClN2O. The molecule has 2 fully saturated rings. The first-order valence-electron chi connectivity index (χ1n) is 7.96. The van der Waals surface area contributed by atoms with E-state index in [1.807, 2.05) is 6.07 Å². The molecule has 1 aromatic rings. The highest BCUT2D eigenvalue weighted by Gasteiger charge is 2.34. The maximum absolute atomic E-state index is 12.4. The molecule has 1 aromatic carbocycles. The van der Waals surface area contributed by atoms with Gasteiger partial charge < -0.3 is 10.6 Å². The molecule has 2 bridgehead atoms. The molecule has 4 rings (SSSR count). The summed E-state index contributed by atoms with van der Waals surface area (Å²) in [6, 6.07) is 7.85. The highest BCUT2D eigenvalue weighted by atomic mass is 35.5. The van der Waals surface area contributed by atoms with E-state index in [1.54, 1.807) is 0 Å². The van der Waals surface area contributed by atoms with Crippen molar-refractivity contribution < 1.29 is 4.79 Å². The number of carbonyl (C=O) groups excluding carboxylic acids is 1. The van der Waals surface area contributed by atoms with Crippen LogP contribution in [0.25, 0.3) is 0 Å². The Balaban J connectivity index is 0.00000132. The normalized spacial score (nSPS) is 29.6. The molecule has 2 saturated heterocycles. The minimum absolute atomic E-state index is 0. The smallest absolute Gasteiger partial charge is 0.251 e. The number of amides is 1. The first-order chi connectivity index (χ1) is 9.78. The number of hydrogen-bond donors (Lipinski definition) is 2. The van der Waals surface area contributed by atoms with Gasteiger partial charge in [-0.15, -0.1) is 12.4 Å². The summed E-state index contributed by atoms with van der Waals surface area (Å²) in [7, 11) is 0. The number of piperidine rings is 1. The van der Waals surface area contributed by atoms with Crippen LogP contribution in [0.4, 0.5) is 0 Å². The van der Waals surface area contributed by atoms with Crippen LogP contribution in [0.5, 0.6) is 0 Å². The SMILES string of the molecule is Cl.O=C(NC1CC2CCC(C1)N2)c1ccc2c(c1)CCC2. The second-order valence-electron chi connectivity index (χ2n) is 6.62. The van der Waals surface area contributed by atoms with E-state index in [0.29, 0.717) is 18.1 Å². The summed E-state index contributed by atoms with van der Waals surface area (Å²) >= 11 is 0. The molecule has 2 unspecified atom stereocenters. The molecule has 3 nitrogen and oxygen atoms in total. The van der Waals surface area contributed by atoms with Crippen LogP contribution >= 0.6 is 12.4 Å². The van der Waals surface area contributed by atoms with Crippen LogP contribution in [0.15, 0.2) is 18.2 Å². The fraction of sp³-hybridized carbons (Fsp3) is 0.588. The Kier molecular flexibility index (Phi) is 4.23. The average Bonchev–Trinajstić information content (AvgIpc) is 3.04. The zero-order valence-electron chi connectivity index (χ0n) is 12.2. The van der Waals surface area contributed by atoms with Crippen molar-refractivity contribution >= 4 is 18.3 Å². The van der Waals surface area contributed by atoms with E-state index >= 15 is 0 Å². The van der Waals surface area contributed by atoms with Gasteiger partial charge in [0.15, 0.2) is 0 Å². The molecule has 4 heteroatoms. The number of hydrogen-bond acceptors (Lipinski definition) is 2. The number of nitrogens with one attached hydrogen (secondary N) is 2. The molecule has 2 atom stereocenters. The maximum Gasteiger partial charge on any atom is 0.251 e. The van der Waals surface area contributed by atoms with Gasteiger partial charge in [0.05, 0.1) is 0 Å². The summed E-state index contributed by atoms with van der Waals surface area (Å²) in [5.74, 6) is 0.117. The van der Waals surface area contributed by atoms with E-state index in [9.17, 15) is 4.79 Å². The molecule has 2 heterocycles. The van der Waals surface area contributed by atoms with Crippen molar-refractivity contribution in [1.82, 2.24) is 10.6 Å². The predicted octanol–water partition coefficient (Wildman–Crippen LogP) is 2.61. The Labute approximate surface area is 132 Å². The van der Waals surface area contributed by atoms with Crippen LogP contribution in [0.2, 0.25) is 0 Å². The summed E-state index contributed by atoms with van der Waals surface area (Å²) < 4.78 is 0. The Hall–Kier alpha value is -1.06. The minimum Gasteiger partial charge on any atom is -0.349 e. The topological polar surface area (TPSA) is 41.1 Å². The molecular weight excluding hydrogens is 284 g/mol. The third-order valence-electron chi connectivity index (χ3n) is 5.17. The highest BCUT2D eigenvalue weighted by molar-refractivity contribution is 5.94. The van der Waals surface area contributed by atoms with Crippen molar-refractivity contribution in [3.63, 3.8) is 0 Å². The predicted molar refractivity (Wildman–Crippen MR) is 86.1 cm³/mol. The third-order valence-corrected chi connectivity index (χ3v) is 5.17. The number of halogens is 1. The number of rotatable bonds is 2. The zero-order chi connectivity index (χ0) is 13.5. The van der Waals surface area contributed by atoms with Gasteiger partial charge in [0.2, 0.25) is 0 Å². The van der Waals surface area contributed by atoms with Crippen molar-refractivity contribution in [3.8, 4) is 0 Å². The van der Waals surface area contributed by atoms with Crippen molar-refractivity contribution in [3.05, 3.63) is 34.9 Å². The van der Waals surface area contributed by atoms with Crippen LogP contribution in [0.1, 0.15) is 53.6 Å². The average molecular weight is 307 g/mol. The summed E-state index contributed by atoms with van der Waals surface area (Å²) in [6.07, 6.45) is 8.27. The van der Waals surface area contributed by atoms with Crippen LogP contribution in [-0.4, -0.2) is 24.0 Å². The molecule has 2 aliphatic heterocycles. The van der Waals surface area contributed by atoms with E-state index in [4.69, 9.17) is 0 Å². The van der Waals surface area contributed by atoms with Crippen LogP contribution in [0, 0.1) is 0 Å². The van der Waals surface area contributed by atoms with Crippen molar-refractivity contribution in [2.24, 2.45) is 0 Å². The monoisotopic (exact) mass is 306 g/mol. The quantitative estimate of drug-likeness (QED) is 0.882. The van der Waals surface area contributed by atoms with Gasteiger partial charge in [-0.2, -0.15) is 0 Å². The second-order valence-corrected chi connectivity index (χ2v) is 6.62. The maximum atomic E-state index is 12.4. The van der Waals surface area contributed by atoms with Gasteiger partial charge in [-0.25, -0.2) is 0 Å². The highest BCUT2D eigenvalue weighted by Crippen LogP contribution is 2.27. The molecule has 0 radical (unpaired) electrons. The lowest BCUT2D eigenvalue weighted by molar-refractivity contribution is 0.0924. The lowest BCUT2D eigenvalue weighted by atomic mass is 9.99. The van der Waals surface area contributed by atoms with Crippen molar-refractivity contribution in [2.75, 3.05) is 0 Å². The third kappa shape index (κ3) is 2.95. The number of aryl methyl sites for hydroxylation is 2. The Morgan fingerprint density at radius 2 is 1.81 bits per heavy atom. The molecule has 21 heavy (non-hydrogen) atoms. The first-order valence-corrected chi connectivity index (χ1v) is 7.96. The standard InChI is InChI=1S/C17H22N2O.ClH/c20-17(13-5-4-11-2-1-3-12(11)8-13)19-16-9-14-6-7-15(10-16)18-14;/h4-5,8,14-16,18H,1-3,6-7,9-10H2,(H,19,20);1H. The first kappa shape index (κ1) is 14.9. The van der Waals surface area contributed by atoms with E-state index < -0.39 is 0 Å². The zero-order valence-corrected chi connectivity index (χ0v) is 13.0. The lowest BCUT2D eigenvalue weighted by Gasteiger charge is -2.29. The van der Waals surface area contributed by atoms with Gasteiger partial charge in [-0.3, -0.25) is 4.79 Å². The molecule has 114 valence electrons. The lowest BCUT2D eigenvalue weighted by Crippen LogP contribution is -2.48. The molecule has 1 amide bonds. The fourth-order valence-electron chi connectivity index (χ4n) is 4.16. The van der Waals surface area contributed by atoms with Crippen LogP contribution < -0.4 is 10.6 Å². The Bertz CT molecular complexity index is 534. The fourth-order valence-corrected chi connectivity index (χ4v) is 4.16. The van der Waals surface area contributed by atoms with E-state index in [2.05, 4.69) is 22.8 Å². The molecule has 2 N–H and O–H groups in total. The number of fused-ring (bicyclic) bond motifs is 3. The Morgan fingerprint density at radius 3 is 2.57 bits per heavy atom. The van der Waals surface area contributed by atoms with Gasteiger partial charge in [-0.05, 0) is 68.2 Å². The van der Waals surface area contributed by atoms with Crippen LogP contribution in [-0.2, 0) is 12.8 Å². The van der Waals surface area contributed by atoms with E-state index in [1.165, 1.54) is 36.8 Å². The molecule has 1 aliphatic carbocycles. The summed E-state index contributed by atoms with van der Waals surface area (Å²) in [5.41, 5.74) is 3.65. The summed E-state index contributed by atoms with van der Waals surface area (Å²) in [6.45, 7) is 0. The molecule has 0 saturated carbocycles. The summed E-state index contributed by atoms with van der Waals surface area (Å²) in [5, 5.41) is 6.86. The summed E-state index contributed by atoms with van der Waals surface area (Å²) in [4.78, 5) is 12.4. The molecule has 0 aromatic heterocycles. The largest absolute Gasteiger partial charge is 0.349 e. The second kappa shape index (κ2) is 5.98. The van der Waals surface area contributed by atoms with Crippen molar-refractivity contribution in [2.45, 2.75) is 63.1 Å². The van der Waals surface area contributed by atoms with Gasteiger partial charge in [0.1, 0.15) is 0 Å². The van der Waals surface area contributed by atoms with Gasteiger partial charge in [-0.1, -0.05) is 6.07 Å². The van der Waals surface area contributed by atoms with Crippen molar-refractivity contribution in [1.29, 1.82) is 0 Å². The van der Waals surface area contributed by atoms with Gasteiger partial charge in [0.25, 0.3) is 5.91 Å². The van der Waals surface area contributed by atoms with E-state index in [-0.39, 0.29) is 18.3 Å². The Morgan fingerprint density at radius 1 is 1.10 bits per heavy atom. The number of carbonyl (C=O) groups is 1. The molecule has 0 spiro atoms. The van der Waals surface area contributed by atoms with Gasteiger partial charge >= 0.3 is 0 Å². The number of benzene rings is 1. The minimum atomic E-state index is 0. The van der Waals surface area contributed by atoms with E-state index in [0.717, 1.165) is 24.8 Å². The molecule has 3 aliphatic rings. The van der Waals surface area contributed by atoms with Crippen LogP contribution in [0.3, 0.4) is 0 Å². The van der Waals surface area contributed by atoms with Gasteiger partial charge in [0, 0.05) is 23.7 Å².